The Kier molecular flexibility index (Phi) is 6.54. The summed E-state index contributed by atoms with van der Waals surface area (Å²) in [5.41, 5.74) is 0.408. The number of hydrogen-bond donors (Lipinski definition) is 1. The molecule has 1 unspecified atom stereocenters. The molecule has 1 N–H and O–H groups in total. The first-order valence-corrected chi connectivity index (χ1v) is 7.77. The highest BCUT2D eigenvalue weighted by molar-refractivity contribution is 4.81. The van der Waals surface area contributed by atoms with Crippen LogP contribution in [0.25, 0.3) is 0 Å². The number of rotatable bonds is 7. The van der Waals surface area contributed by atoms with Gasteiger partial charge in [-0.05, 0) is 30.7 Å². The molecule has 102 valence electrons. The average Bonchev–Trinajstić information content (AvgIpc) is 2.74. The molecule has 0 aromatic carbocycles. The van der Waals surface area contributed by atoms with Gasteiger partial charge in [-0.1, -0.05) is 66.2 Å². The van der Waals surface area contributed by atoms with Crippen molar-refractivity contribution in [2.75, 3.05) is 6.54 Å². The summed E-state index contributed by atoms with van der Waals surface area (Å²) in [4.78, 5) is 0. The molecular formula is C16H33N. The standard InChI is InChI=1S/C16H33N/c1-5-13-17-15(16(2,3)4)12-8-11-14-9-6-7-10-14/h14-15,17H,5-13H2,1-4H3. The van der Waals surface area contributed by atoms with E-state index in [-0.39, 0.29) is 0 Å². The van der Waals surface area contributed by atoms with Crippen molar-refractivity contribution in [1.82, 2.24) is 5.32 Å². The fourth-order valence-corrected chi connectivity index (χ4v) is 3.07. The van der Waals surface area contributed by atoms with E-state index in [0.717, 1.165) is 5.92 Å². The minimum absolute atomic E-state index is 0.408. The lowest BCUT2D eigenvalue weighted by molar-refractivity contribution is 0.245. The third-order valence-corrected chi connectivity index (χ3v) is 4.27. The predicted octanol–water partition coefficient (Wildman–Crippen LogP) is 4.76. The first kappa shape index (κ1) is 15.0. The van der Waals surface area contributed by atoms with E-state index >= 15 is 0 Å². The normalized spacial score (nSPS) is 19.8. The summed E-state index contributed by atoms with van der Waals surface area (Å²) >= 11 is 0. The van der Waals surface area contributed by atoms with Gasteiger partial charge in [0.25, 0.3) is 0 Å². The van der Waals surface area contributed by atoms with Gasteiger partial charge in [-0.3, -0.25) is 0 Å². The molecule has 1 nitrogen and oxygen atoms in total. The molecule has 0 heterocycles. The summed E-state index contributed by atoms with van der Waals surface area (Å²) in [6.07, 6.45) is 11.5. The Bertz CT molecular complexity index is 186. The van der Waals surface area contributed by atoms with Crippen molar-refractivity contribution in [2.45, 2.75) is 85.1 Å². The van der Waals surface area contributed by atoms with Gasteiger partial charge in [0.15, 0.2) is 0 Å². The van der Waals surface area contributed by atoms with Gasteiger partial charge in [0, 0.05) is 6.04 Å². The van der Waals surface area contributed by atoms with Crippen LogP contribution in [0.5, 0.6) is 0 Å². The van der Waals surface area contributed by atoms with Gasteiger partial charge in [-0.25, -0.2) is 0 Å². The van der Waals surface area contributed by atoms with Crippen molar-refractivity contribution in [3.8, 4) is 0 Å². The molecule has 1 atom stereocenters. The van der Waals surface area contributed by atoms with Crippen LogP contribution in [0.2, 0.25) is 0 Å². The lowest BCUT2D eigenvalue weighted by Gasteiger charge is -2.32. The summed E-state index contributed by atoms with van der Waals surface area (Å²) in [6, 6.07) is 0.698. The second kappa shape index (κ2) is 7.41. The quantitative estimate of drug-likeness (QED) is 0.675. The van der Waals surface area contributed by atoms with Crippen LogP contribution in [0.15, 0.2) is 0 Å². The van der Waals surface area contributed by atoms with Gasteiger partial charge in [0.2, 0.25) is 0 Å². The van der Waals surface area contributed by atoms with E-state index in [4.69, 9.17) is 0 Å². The van der Waals surface area contributed by atoms with E-state index in [9.17, 15) is 0 Å². The molecular weight excluding hydrogens is 206 g/mol. The third kappa shape index (κ3) is 5.90. The Morgan fingerprint density at radius 2 is 1.82 bits per heavy atom. The maximum atomic E-state index is 3.73. The van der Waals surface area contributed by atoms with E-state index in [1.807, 2.05) is 0 Å². The molecule has 0 saturated heterocycles. The lowest BCUT2D eigenvalue weighted by atomic mass is 9.83. The van der Waals surface area contributed by atoms with E-state index in [2.05, 4.69) is 33.0 Å². The van der Waals surface area contributed by atoms with Crippen LogP contribution in [-0.4, -0.2) is 12.6 Å². The minimum atomic E-state index is 0.408. The highest BCUT2D eigenvalue weighted by atomic mass is 14.9. The zero-order valence-corrected chi connectivity index (χ0v) is 12.5. The van der Waals surface area contributed by atoms with Crippen molar-refractivity contribution in [1.29, 1.82) is 0 Å². The third-order valence-electron chi connectivity index (χ3n) is 4.27. The van der Waals surface area contributed by atoms with E-state index in [0.29, 0.717) is 11.5 Å². The SMILES string of the molecule is CCCNC(CCCC1CCCC1)C(C)(C)C. The number of hydrogen-bond acceptors (Lipinski definition) is 1. The fourth-order valence-electron chi connectivity index (χ4n) is 3.07. The molecule has 0 aromatic heterocycles. The van der Waals surface area contributed by atoms with E-state index in [1.54, 1.807) is 0 Å². The number of nitrogens with one attached hydrogen (secondary N) is 1. The Morgan fingerprint density at radius 1 is 1.18 bits per heavy atom. The fraction of sp³-hybridized carbons (Fsp3) is 1.00. The highest BCUT2D eigenvalue weighted by Gasteiger charge is 2.24. The summed E-state index contributed by atoms with van der Waals surface area (Å²) < 4.78 is 0. The van der Waals surface area contributed by atoms with Crippen LogP contribution >= 0.6 is 0 Å². The average molecular weight is 239 g/mol. The van der Waals surface area contributed by atoms with Crippen molar-refractivity contribution in [2.24, 2.45) is 11.3 Å². The van der Waals surface area contributed by atoms with Gasteiger partial charge in [-0.15, -0.1) is 0 Å². The van der Waals surface area contributed by atoms with E-state index in [1.165, 1.54) is 57.9 Å². The van der Waals surface area contributed by atoms with Crippen LogP contribution in [0.4, 0.5) is 0 Å². The predicted molar refractivity (Wildman–Crippen MR) is 77.3 cm³/mol. The highest BCUT2D eigenvalue weighted by Crippen LogP contribution is 2.30. The Hall–Kier alpha value is -0.0400. The lowest BCUT2D eigenvalue weighted by Crippen LogP contribution is -2.40. The van der Waals surface area contributed by atoms with Gasteiger partial charge >= 0.3 is 0 Å². The van der Waals surface area contributed by atoms with Crippen LogP contribution in [-0.2, 0) is 0 Å². The van der Waals surface area contributed by atoms with Crippen LogP contribution in [0.1, 0.15) is 79.1 Å². The summed E-state index contributed by atoms with van der Waals surface area (Å²) in [6.45, 7) is 10.5. The Labute approximate surface area is 109 Å². The molecule has 1 aliphatic carbocycles. The van der Waals surface area contributed by atoms with Crippen molar-refractivity contribution >= 4 is 0 Å². The van der Waals surface area contributed by atoms with Crippen LogP contribution in [0.3, 0.4) is 0 Å². The smallest absolute Gasteiger partial charge is 0.0116 e. The van der Waals surface area contributed by atoms with Gasteiger partial charge < -0.3 is 5.32 Å². The zero-order chi connectivity index (χ0) is 12.7. The largest absolute Gasteiger partial charge is 0.313 e. The zero-order valence-electron chi connectivity index (χ0n) is 12.5. The second-order valence-electron chi connectivity index (χ2n) is 6.95. The minimum Gasteiger partial charge on any atom is -0.313 e. The molecule has 1 aliphatic rings. The summed E-state index contributed by atoms with van der Waals surface area (Å²) in [7, 11) is 0. The van der Waals surface area contributed by atoms with Gasteiger partial charge in [-0.2, -0.15) is 0 Å². The molecule has 1 saturated carbocycles. The Balaban J connectivity index is 2.22. The molecule has 0 aromatic rings. The summed E-state index contributed by atoms with van der Waals surface area (Å²) in [5.74, 6) is 1.06. The van der Waals surface area contributed by atoms with Crippen molar-refractivity contribution in [3.63, 3.8) is 0 Å². The molecule has 1 heteroatoms. The molecule has 0 aliphatic heterocycles. The second-order valence-corrected chi connectivity index (χ2v) is 6.95. The molecule has 1 fully saturated rings. The van der Waals surface area contributed by atoms with Gasteiger partial charge in [0.1, 0.15) is 0 Å². The molecule has 0 bridgehead atoms. The molecule has 0 radical (unpaired) electrons. The molecule has 0 amide bonds. The maximum Gasteiger partial charge on any atom is 0.0116 e. The molecule has 17 heavy (non-hydrogen) atoms. The summed E-state index contributed by atoms with van der Waals surface area (Å²) in [5, 5.41) is 3.73. The van der Waals surface area contributed by atoms with Crippen molar-refractivity contribution in [3.05, 3.63) is 0 Å². The first-order chi connectivity index (χ1) is 8.04. The Morgan fingerprint density at radius 3 is 2.35 bits per heavy atom. The first-order valence-electron chi connectivity index (χ1n) is 7.77. The van der Waals surface area contributed by atoms with E-state index < -0.39 is 0 Å². The van der Waals surface area contributed by atoms with Crippen LogP contribution in [0, 0.1) is 11.3 Å². The molecule has 0 spiro atoms. The monoisotopic (exact) mass is 239 g/mol. The maximum absolute atomic E-state index is 3.73. The van der Waals surface area contributed by atoms with Gasteiger partial charge in [0.05, 0.1) is 0 Å². The molecule has 1 rings (SSSR count). The topological polar surface area (TPSA) is 12.0 Å². The van der Waals surface area contributed by atoms with Crippen molar-refractivity contribution < 1.29 is 0 Å². The van der Waals surface area contributed by atoms with Crippen LogP contribution < -0.4 is 5.32 Å².